The predicted octanol–water partition coefficient (Wildman–Crippen LogP) is 2.19. The van der Waals surface area contributed by atoms with E-state index in [1.54, 1.807) is 31.2 Å². The molecule has 0 aliphatic carbocycles. The van der Waals surface area contributed by atoms with E-state index in [1.165, 1.54) is 12.1 Å². The Hall–Kier alpha value is -2.74. The zero-order valence-corrected chi connectivity index (χ0v) is 15.5. The summed E-state index contributed by atoms with van der Waals surface area (Å²) in [5.41, 5.74) is 1.56. The van der Waals surface area contributed by atoms with Crippen molar-refractivity contribution < 1.29 is 27.1 Å². The summed E-state index contributed by atoms with van der Waals surface area (Å²) >= 11 is 0. The van der Waals surface area contributed by atoms with Gasteiger partial charge in [-0.3, -0.25) is 4.79 Å². The summed E-state index contributed by atoms with van der Waals surface area (Å²) in [6.07, 6.45) is 0.197. The summed E-state index contributed by atoms with van der Waals surface area (Å²) in [5, 5.41) is 2.67. The average molecular weight is 391 g/mol. The Morgan fingerprint density at radius 3 is 2.63 bits per heavy atom. The van der Waals surface area contributed by atoms with Gasteiger partial charge in [0.15, 0.2) is 15.9 Å². The molecule has 1 N–H and O–H groups in total. The van der Waals surface area contributed by atoms with Gasteiger partial charge in [0, 0.05) is 12.7 Å². The molecule has 2 unspecified atom stereocenters. The lowest BCUT2D eigenvalue weighted by Gasteiger charge is -2.25. The molecule has 0 saturated heterocycles. The topological polar surface area (TPSA) is 89.5 Å². The Kier molecular flexibility index (Phi) is 5.01. The molecule has 1 amide bonds. The number of carbonyl (C=O) groups is 2. The molecule has 2 aromatic carbocycles. The van der Waals surface area contributed by atoms with Crippen LogP contribution >= 0.6 is 0 Å². The van der Waals surface area contributed by atoms with Gasteiger partial charge >= 0.3 is 5.97 Å². The van der Waals surface area contributed by atoms with Crippen molar-refractivity contribution in [1.82, 2.24) is 5.32 Å². The number of nitrogens with one attached hydrogen (secondary N) is 1. The van der Waals surface area contributed by atoms with Gasteiger partial charge in [0.25, 0.3) is 5.91 Å². The number of hydrogen-bond acceptors (Lipinski definition) is 5. The molecule has 0 saturated carbocycles. The lowest BCUT2D eigenvalue weighted by atomic mass is 9.98. The Labute approximate surface area is 156 Å². The number of sulfone groups is 1. The maximum atomic E-state index is 14.1. The summed E-state index contributed by atoms with van der Waals surface area (Å²) in [4.78, 5) is 24.1. The first-order chi connectivity index (χ1) is 12.7. The van der Waals surface area contributed by atoms with Crippen LogP contribution in [0.1, 0.15) is 34.5 Å². The number of ether oxygens (including phenoxy) is 1. The number of halogens is 1. The molecule has 0 spiro atoms. The van der Waals surface area contributed by atoms with Gasteiger partial charge in [-0.15, -0.1) is 0 Å². The monoisotopic (exact) mass is 391 g/mol. The van der Waals surface area contributed by atoms with E-state index in [0.717, 1.165) is 17.9 Å². The van der Waals surface area contributed by atoms with Crippen LogP contribution in [0.3, 0.4) is 0 Å². The summed E-state index contributed by atoms with van der Waals surface area (Å²) in [5.74, 6) is -1.94. The summed E-state index contributed by atoms with van der Waals surface area (Å²) in [6.45, 7) is 1.63. The predicted molar refractivity (Wildman–Crippen MR) is 95.4 cm³/mol. The average Bonchev–Trinajstić information content (AvgIpc) is 2.60. The molecule has 0 bridgehead atoms. The van der Waals surface area contributed by atoms with Crippen molar-refractivity contribution in [3.8, 4) is 0 Å². The minimum Gasteiger partial charge on any atom is -0.448 e. The molecule has 0 radical (unpaired) electrons. The van der Waals surface area contributed by atoms with Gasteiger partial charge in [0.1, 0.15) is 10.7 Å². The molecule has 0 fully saturated rings. The van der Waals surface area contributed by atoms with Crippen LogP contribution in [0.4, 0.5) is 4.39 Å². The Morgan fingerprint density at radius 1 is 1.26 bits per heavy atom. The quantitative estimate of drug-likeness (QED) is 0.807. The van der Waals surface area contributed by atoms with E-state index in [9.17, 15) is 22.4 Å². The molecule has 1 heterocycles. The first-order valence-corrected chi connectivity index (χ1v) is 10.1. The van der Waals surface area contributed by atoms with Crippen LogP contribution in [-0.2, 0) is 25.8 Å². The standard InChI is InChI=1S/C19H18FNO5S/c1-11(12-7-8-17(15(20)9-12)27(2,24)25)21-18(22)16-10-13-5-3-4-6-14(13)19(23)26-16/h3-9,11,16H,10H2,1-2H3,(H,21,22). The normalized spacial score (nSPS) is 17.6. The molecule has 142 valence electrons. The van der Waals surface area contributed by atoms with Crippen LogP contribution in [-0.4, -0.2) is 32.7 Å². The van der Waals surface area contributed by atoms with Crippen molar-refractivity contribution >= 4 is 21.7 Å². The fourth-order valence-corrected chi connectivity index (χ4v) is 3.68. The minimum absolute atomic E-state index is 0.252. The van der Waals surface area contributed by atoms with Crippen molar-refractivity contribution in [2.24, 2.45) is 0 Å². The number of benzene rings is 2. The number of hydrogen-bond donors (Lipinski definition) is 1. The van der Waals surface area contributed by atoms with E-state index in [1.807, 2.05) is 0 Å². The van der Waals surface area contributed by atoms with Gasteiger partial charge in [-0.1, -0.05) is 24.3 Å². The van der Waals surface area contributed by atoms with Crippen LogP contribution in [0, 0.1) is 5.82 Å². The number of esters is 1. The lowest BCUT2D eigenvalue weighted by Crippen LogP contribution is -2.42. The zero-order valence-electron chi connectivity index (χ0n) is 14.7. The number of fused-ring (bicyclic) bond motifs is 1. The second-order valence-electron chi connectivity index (χ2n) is 6.45. The smallest absolute Gasteiger partial charge is 0.339 e. The van der Waals surface area contributed by atoms with E-state index in [4.69, 9.17) is 4.74 Å². The van der Waals surface area contributed by atoms with Gasteiger partial charge in [0.2, 0.25) is 0 Å². The van der Waals surface area contributed by atoms with Gasteiger partial charge in [-0.2, -0.15) is 0 Å². The summed E-state index contributed by atoms with van der Waals surface area (Å²) in [7, 11) is -3.67. The third-order valence-corrected chi connectivity index (χ3v) is 5.53. The van der Waals surface area contributed by atoms with Crippen molar-refractivity contribution in [2.75, 3.05) is 6.26 Å². The molecule has 0 aromatic heterocycles. The largest absolute Gasteiger partial charge is 0.448 e. The number of amides is 1. The number of rotatable bonds is 4. The van der Waals surface area contributed by atoms with Crippen molar-refractivity contribution in [3.05, 3.63) is 65.0 Å². The SMILES string of the molecule is CC(NC(=O)C1Cc2ccccc2C(=O)O1)c1ccc(S(C)(=O)=O)c(F)c1. The zero-order chi connectivity index (χ0) is 19.8. The Morgan fingerprint density at radius 2 is 1.96 bits per heavy atom. The van der Waals surface area contributed by atoms with E-state index in [-0.39, 0.29) is 6.42 Å². The fourth-order valence-electron chi connectivity index (χ4n) is 2.95. The number of cyclic esters (lactones) is 1. The third kappa shape index (κ3) is 4.00. The molecule has 27 heavy (non-hydrogen) atoms. The summed E-state index contributed by atoms with van der Waals surface area (Å²) in [6, 6.07) is 9.98. The van der Waals surface area contributed by atoms with Crippen LogP contribution in [0.25, 0.3) is 0 Å². The Balaban J connectivity index is 1.73. The van der Waals surface area contributed by atoms with Crippen molar-refractivity contribution in [1.29, 1.82) is 0 Å². The molecule has 6 nitrogen and oxygen atoms in total. The van der Waals surface area contributed by atoms with Gasteiger partial charge in [-0.05, 0) is 36.2 Å². The number of carbonyl (C=O) groups excluding carboxylic acids is 2. The van der Waals surface area contributed by atoms with Gasteiger partial charge in [0.05, 0.1) is 11.6 Å². The van der Waals surface area contributed by atoms with Crippen LogP contribution in [0.2, 0.25) is 0 Å². The molecular formula is C19H18FNO5S. The molecule has 1 aliphatic heterocycles. The Bertz CT molecular complexity index is 1020. The maximum absolute atomic E-state index is 14.1. The van der Waals surface area contributed by atoms with Gasteiger partial charge in [-0.25, -0.2) is 17.6 Å². The van der Waals surface area contributed by atoms with Crippen LogP contribution in [0.15, 0.2) is 47.4 Å². The molecule has 3 rings (SSSR count). The third-order valence-electron chi connectivity index (χ3n) is 4.40. The molecule has 2 atom stereocenters. The van der Waals surface area contributed by atoms with Gasteiger partial charge < -0.3 is 10.1 Å². The molecule has 8 heteroatoms. The van der Waals surface area contributed by atoms with Crippen LogP contribution < -0.4 is 5.32 Å². The second kappa shape index (κ2) is 7.11. The van der Waals surface area contributed by atoms with E-state index >= 15 is 0 Å². The van der Waals surface area contributed by atoms with E-state index in [2.05, 4.69) is 5.32 Å². The second-order valence-corrected chi connectivity index (χ2v) is 8.43. The first-order valence-electron chi connectivity index (χ1n) is 8.25. The van der Waals surface area contributed by atoms with E-state index < -0.39 is 44.6 Å². The van der Waals surface area contributed by atoms with Crippen LogP contribution in [0.5, 0.6) is 0 Å². The first kappa shape index (κ1) is 19.0. The minimum atomic E-state index is -3.67. The highest BCUT2D eigenvalue weighted by molar-refractivity contribution is 7.90. The molecule has 1 aliphatic rings. The summed E-state index contributed by atoms with van der Waals surface area (Å²) < 4.78 is 42.2. The van der Waals surface area contributed by atoms with E-state index in [0.29, 0.717) is 11.1 Å². The fraction of sp³-hybridized carbons (Fsp3) is 0.263. The van der Waals surface area contributed by atoms with Crippen molar-refractivity contribution in [3.63, 3.8) is 0 Å². The maximum Gasteiger partial charge on any atom is 0.339 e. The molecular weight excluding hydrogens is 373 g/mol. The molecule has 2 aromatic rings. The highest BCUT2D eigenvalue weighted by atomic mass is 32.2. The highest BCUT2D eigenvalue weighted by Crippen LogP contribution is 2.23. The van der Waals surface area contributed by atoms with Crippen molar-refractivity contribution in [2.45, 2.75) is 30.4 Å². The lowest BCUT2D eigenvalue weighted by molar-refractivity contribution is -0.131. The highest BCUT2D eigenvalue weighted by Gasteiger charge is 2.31.